The van der Waals surface area contributed by atoms with E-state index in [2.05, 4.69) is 90.5 Å². The maximum absolute atomic E-state index is 3.45. The van der Waals surface area contributed by atoms with Crippen LogP contribution in [0.2, 0.25) is 0 Å². The molecule has 0 saturated heterocycles. The predicted octanol–water partition coefficient (Wildman–Crippen LogP) is 5.23. The van der Waals surface area contributed by atoms with Crippen LogP contribution in [0.4, 0.5) is 0 Å². The van der Waals surface area contributed by atoms with Crippen molar-refractivity contribution in [3.63, 3.8) is 0 Å². The lowest BCUT2D eigenvalue weighted by Crippen LogP contribution is -2.19. The molecule has 0 spiro atoms. The van der Waals surface area contributed by atoms with E-state index in [1.807, 2.05) is 0 Å². The van der Waals surface area contributed by atoms with Crippen molar-refractivity contribution >= 4 is 22.0 Å². The van der Waals surface area contributed by atoms with Crippen molar-refractivity contribution in [2.45, 2.75) is 13.8 Å². The van der Waals surface area contributed by atoms with Crippen LogP contribution < -0.4 is 0 Å². The van der Waals surface area contributed by atoms with E-state index in [9.17, 15) is 0 Å². The minimum Gasteiger partial charge on any atom is -0.0780 e. The topological polar surface area (TPSA) is 0 Å². The molecule has 0 aromatic heterocycles. The van der Waals surface area contributed by atoms with Crippen molar-refractivity contribution in [3.05, 3.63) is 64.7 Å². The minimum absolute atomic E-state index is 0.209. The van der Waals surface area contributed by atoms with Gasteiger partial charge in [0.1, 0.15) is 0 Å². The van der Waals surface area contributed by atoms with Crippen molar-refractivity contribution < 1.29 is 0 Å². The van der Waals surface area contributed by atoms with Gasteiger partial charge in [-0.3, -0.25) is 0 Å². The Labute approximate surface area is 112 Å². The molecule has 0 aliphatic heterocycles. The highest BCUT2D eigenvalue weighted by Gasteiger charge is 2.23. The quantitative estimate of drug-likeness (QED) is 0.699. The van der Waals surface area contributed by atoms with Gasteiger partial charge >= 0.3 is 0 Å². The fourth-order valence-corrected chi connectivity index (χ4v) is 2.21. The number of halogens is 1. The van der Waals surface area contributed by atoms with Crippen LogP contribution >= 0.6 is 15.9 Å². The molecular formula is C16H17Br. The summed E-state index contributed by atoms with van der Waals surface area (Å²) in [5, 5.41) is 0. The lowest BCUT2D eigenvalue weighted by atomic mass is 9.76. The Bertz CT molecular complexity index is 461. The first-order valence-corrected chi connectivity index (χ1v) is 6.67. The summed E-state index contributed by atoms with van der Waals surface area (Å²) in [6.45, 7) is 4.53. The van der Waals surface area contributed by atoms with E-state index in [4.69, 9.17) is 0 Å². The van der Waals surface area contributed by atoms with Crippen molar-refractivity contribution in [2.75, 3.05) is 0 Å². The number of allylic oxidation sites excluding steroid dienone is 5. The van der Waals surface area contributed by atoms with E-state index in [1.54, 1.807) is 0 Å². The van der Waals surface area contributed by atoms with Gasteiger partial charge in [0.15, 0.2) is 0 Å². The molecule has 0 heterocycles. The Hall–Kier alpha value is -1.08. The van der Waals surface area contributed by atoms with Gasteiger partial charge in [0, 0.05) is 10.4 Å². The van der Waals surface area contributed by atoms with Gasteiger partial charge in [0.25, 0.3) is 0 Å². The molecule has 0 N–H and O–H groups in total. The second-order valence-electron chi connectivity index (χ2n) is 5.00. The molecule has 1 unspecified atom stereocenters. The average Bonchev–Trinajstić information content (AvgIpc) is 2.29. The second-order valence-corrected chi connectivity index (χ2v) is 5.92. The molecule has 1 heteroatoms. The van der Waals surface area contributed by atoms with Gasteiger partial charge in [-0.1, -0.05) is 78.4 Å². The summed E-state index contributed by atoms with van der Waals surface area (Å²) in [6.07, 6.45) is 13.3. The third-order valence-corrected chi connectivity index (χ3v) is 3.71. The van der Waals surface area contributed by atoms with Crippen molar-refractivity contribution in [1.29, 1.82) is 0 Å². The first kappa shape index (κ1) is 12.4. The molecule has 17 heavy (non-hydrogen) atoms. The van der Waals surface area contributed by atoms with E-state index >= 15 is 0 Å². The van der Waals surface area contributed by atoms with Gasteiger partial charge in [0.05, 0.1) is 0 Å². The zero-order valence-electron chi connectivity index (χ0n) is 10.2. The summed E-state index contributed by atoms with van der Waals surface area (Å²) in [6, 6.07) is 8.38. The molecule has 0 radical (unpaired) electrons. The standard InChI is InChI=1S/C16H17Br/c1-16(2)12-4-3-5-14(16)9-6-13-7-10-15(17)11-8-13/h3-12,14H,1-2H3. The van der Waals surface area contributed by atoms with Crippen molar-refractivity contribution in [3.8, 4) is 0 Å². The molecule has 2 rings (SSSR count). The zero-order valence-corrected chi connectivity index (χ0v) is 11.8. The van der Waals surface area contributed by atoms with E-state index in [0.717, 1.165) is 4.47 Å². The molecule has 1 aliphatic rings. The van der Waals surface area contributed by atoms with Crippen LogP contribution in [0.5, 0.6) is 0 Å². The maximum Gasteiger partial charge on any atom is 0.0175 e. The smallest absolute Gasteiger partial charge is 0.0175 e. The van der Waals surface area contributed by atoms with E-state index in [-0.39, 0.29) is 5.41 Å². The first-order valence-electron chi connectivity index (χ1n) is 5.88. The Morgan fingerprint density at radius 1 is 1.12 bits per heavy atom. The van der Waals surface area contributed by atoms with Crippen LogP contribution in [0.3, 0.4) is 0 Å². The van der Waals surface area contributed by atoms with Crippen LogP contribution in [-0.4, -0.2) is 0 Å². The van der Waals surface area contributed by atoms with Gasteiger partial charge in [-0.05, 0) is 23.1 Å². The van der Waals surface area contributed by atoms with Crippen molar-refractivity contribution in [1.82, 2.24) is 0 Å². The fraction of sp³-hybridized carbons (Fsp3) is 0.250. The largest absolute Gasteiger partial charge is 0.0780 e. The van der Waals surface area contributed by atoms with Crippen LogP contribution in [0.15, 0.2) is 59.1 Å². The summed E-state index contributed by atoms with van der Waals surface area (Å²) in [4.78, 5) is 0. The Morgan fingerprint density at radius 3 is 2.47 bits per heavy atom. The number of rotatable bonds is 2. The molecule has 0 bridgehead atoms. The Kier molecular flexibility index (Phi) is 3.68. The van der Waals surface area contributed by atoms with Crippen LogP contribution in [0.25, 0.3) is 6.08 Å². The van der Waals surface area contributed by atoms with Gasteiger partial charge < -0.3 is 0 Å². The monoisotopic (exact) mass is 288 g/mol. The normalized spacial score (nSPS) is 22.2. The second kappa shape index (κ2) is 5.05. The zero-order chi connectivity index (χ0) is 12.3. The number of benzene rings is 1. The van der Waals surface area contributed by atoms with Crippen molar-refractivity contribution in [2.24, 2.45) is 11.3 Å². The SMILES string of the molecule is CC1(C)C=CC=CC1C=Cc1ccc(Br)cc1. The van der Waals surface area contributed by atoms with Gasteiger partial charge in [-0.25, -0.2) is 0 Å². The number of hydrogen-bond acceptors (Lipinski definition) is 0. The van der Waals surface area contributed by atoms with Crippen LogP contribution in [-0.2, 0) is 0 Å². The Morgan fingerprint density at radius 2 is 1.82 bits per heavy atom. The molecule has 1 aromatic rings. The van der Waals surface area contributed by atoms with E-state index in [0.29, 0.717) is 5.92 Å². The van der Waals surface area contributed by atoms with Gasteiger partial charge in [0.2, 0.25) is 0 Å². The molecule has 0 amide bonds. The highest BCUT2D eigenvalue weighted by Crippen LogP contribution is 2.33. The summed E-state index contributed by atoms with van der Waals surface area (Å²) in [7, 11) is 0. The molecular weight excluding hydrogens is 272 g/mol. The molecule has 88 valence electrons. The molecule has 1 aromatic carbocycles. The lowest BCUT2D eigenvalue weighted by Gasteiger charge is -2.29. The molecule has 1 atom stereocenters. The van der Waals surface area contributed by atoms with Gasteiger partial charge in [-0.15, -0.1) is 0 Å². The third kappa shape index (κ3) is 3.19. The van der Waals surface area contributed by atoms with Crippen LogP contribution in [0, 0.1) is 11.3 Å². The molecule has 1 aliphatic carbocycles. The first-order chi connectivity index (χ1) is 8.08. The summed E-state index contributed by atoms with van der Waals surface area (Å²) >= 11 is 3.45. The van der Waals surface area contributed by atoms with E-state index < -0.39 is 0 Å². The fourth-order valence-electron chi connectivity index (χ4n) is 1.95. The lowest BCUT2D eigenvalue weighted by molar-refractivity contribution is 0.398. The molecule has 0 nitrogen and oxygen atoms in total. The highest BCUT2D eigenvalue weighted by atomic mass is 79.9. The summed E-state index contributed by atoms with van der Waals surface area (Å²) in [5.41, 5.74) is 1.45. The van der Waals surface area contributed by atoms with Crippen LogP contribution in [0.1, 0.15) is 19.4 Å². The molecule has 0 fully saturated rings. The number of hydrogen-bond donors (Lipinski definition) is 0. The molecule has 0 saturated carbocycles. The minimum atomic E-state index is 0.209. The predicted molar refractivity (Wildman–Crippen MR) is 78.7 cm³/mol. The highest BCUT2D eigenvalue weighted by molar-refractivity contribution is 9.10. The maximum atomic E-state index is 3.45. The third-order valence-electron chi connectivity index (χ3n) is 3.18. The van der Waals surface area contributed by atoms with Gasteiger partial charge in [-0.2, -0.15) is 0 Å². The Balaban J connectivity index is 2.13. The summed E-state index contributed by atoms with van der Waals surface area (Å²) < 4.78 is 1.12. The average molecular weight is 289 g/mol. The van der Waals surface area contributed by atoms with E-state index in [1.165, 1.54) is 5.56 Å². The summed E-state index contributed by atoms with van der Waals surface area (Å²) in [5.74, 6) is 0.469.